The van der Waals surface area contributed by atoms with Gasteiger partial charge in [0.2, 0.25) is 0 Å². The number of hydrogen-bond donors (Lipinski definition) is 1. The van der Waals surface area contributed by atoms with E-state index in [9.17, 15) is 14.9 Å². The number of rotatable bonds is 3. The first-order valence-corrected chi connectivity index (χ1v) is 4.58. The van der Waals surface area contributed by atoms with Crippen LogP contribution in [-0.2, 0) is 19.0 Å². The molecule has 0 aromatic rings. The second-order valence-corrected chi connectivity index (χ2v) is 3.44. The second kappa shape index (κ2) is 4.10. The lowest BCUT2D eigenvalue weighted by Crippen LogP contribution is -2.36. The molecule has 9 heteroatoms. The van der Waals surface area contributed by atoms with Gasteiger partial charge in [0.25, 0.3) is 5.09 Å². The standard InChI is InChI=1S/C7H10N2O7/c8-7(10)15-3-1-13-6-4(16-9(11)12)2-14-5(3)6/h3-6H,1-2H2,(H2,8,10)/t3-,4+,5+,6+/m0/s1. The number of carbonyl (C=O) groups is 1. The summed E-state index contributed by atoms with van der Waals surface area (Å²) in [6, 6.07) is 0. The molecular weight excluding hydrogens is 224 g/mol. The Bertz CT molecular complexity index is 279. The van der Waals surface area contributed by atoms with E-state index in [2.05, 4.69) is 4.84 Å². The minimum atomic E-state index is -0.934. The van der Waals surface area contributed by atoms with Gasteiger partial charge >= 0.3 is 6.09 Å². The van der Waals surface area contributed by atoms with Gasteiger partial charge in [-0.25, -0.2) is 4.79 Å². The van der Waals surface area contributed by atoms with Crippen molar-refractivity contribution in [3.05, 3.63) is 10.1 Å². The molecule has 0 aromatic heterocycles. The van der Waals surface area contributed by atoms with Crippen molar-refractivity contribution in [3.8, 4) is 0 Å². The minimum absolute atomic E-state index is 0.0228. The van der Waals surface area contributed by atoms with E-state index in [1.165, 1.54) is 0 Å². The van der Waals surface area contributed by atoms with Crippen molar-refractivity contribution in [1.29, 1.82) is 0 Å². The Morgan fingerprint density at radius 1 is 1.31 bits per heavy atom. The lowest BCUT2D eigenvalue weighted by atomic mass is 10.1. The SMILES string of the molecule is NC(=O)O[C@H]1CO[C@H]2[C@@H]1OC[C@H]2O[N+](=O)[O-]. The first-order valence-electron chi connectivity index (χ1n) is 4.58. The predicted octanol–water partition coefficient (Wildman–Crippen LogP) is -1.18. The fraction of sp³-hybridized carbons (Fsp3) is 0.857. The highest BCUT2D eigenvalue weighted by Crippen LogP contribution is 2.30. The van der Waals surface area contributed by atoms with Crippen molar-refractivity contribution in [3.63, 3.8) is 0 Å². The normalized spacial score (nSPS) is 36.8. The highest BCUT2D eigenvalue weighted by Gasteiger charge is 2.50. The van der Waals surface area contributed by atoms with E-state index in [1.807, 2.05) is 0 Å². The van der Waals surface area contributed by atoms with Gasteiger partial charge in [0.1, 0.15) is 12.2 Å². The summed E-state index contributed by atoms with van der Waals surface area (Å²) in [7, 11) is 0. The molecule has 2 saturated heterocycles. The Morgan fingerprint density at radius 2 is 1.88 bits per heavy atom. The van der Waals surface area contributed by atoms with Crippen LogP contribution in [0, 0.1) is 10.1 Å². The molecule has 2 rings (SSSR count). The number of carbonyl (C=O) groups excluding carboxylic acids is 1. The number of ether oxygens (including phenoxy) is 3. The smallest absolute Gasteiger partial charge is 0.404 e. The topological polar surface area (TPSA) is 123 Å². The summed E-state index contributed by atoms with van der Waals surface area (Å²) < 4.78 is 15.2. The van der Waals surface area contributed by atoms with E-state index in [-0.39, 0.29) is 13.2 Å². The molecule has 9 nitrogen and oxygen atoms in total. The van der Waals surface area contributed by atoms with Gasteiger partial charge in [-0.2, -0.15) is 0 Å². The van der Waals surface area contributed by atoms with Gasteiger partial charge in [0, 0.05) is 0 Å². The second-order valence-electron chi connectivity index (χ2n) is 3.44. The zero-order chi connectivity index (χ0) is 11.7. The molecule has 4 atom stereocenters. The Balaban J connectivity index is 1.95. The van der Waals surface area contributed by atoms with Gasteiger partial charge in [0.05, 0.1) is 13.2 Å². The van der Waals surface area contributed by atoms with Crippen molar-refractivity contribution in [2.24, 2.45) is 5.73 Å². The maximum Gasteiger partial charge on any atom is 0.404 e. The Kier molecular flexibility index (Phi) is 2.79. The molecule has 0 saturated carbocycles. The average molecular weight is 234 g/mol. The highest BCUT2D eigenvalue weighted by molar-refractivity contribution is 5.64. The number of fused-ring (bicyclic) bond motifs is 1. The molecule has 0 bridgehead atoms. The molecule has 0 unspecified atom stereocenters. The van der Waals surface area contributed by atoms with Crippen molar-refractivity contribution in [2.45, 2.75) is 24.4 Å². The van der Waals surface area contributed by atoms with Gasteiger partial charge in [-0.15, -0.1) is 10.1 Å². The molecule has 90 valence electrons. The number of primary amides is 1. The summed E-state index contributed by atoms with van der Waals surface area (Å²) in [5.74, 6) is 0. The van der Waals surface area contributed by atoms with Gasteiger partial charge in [0.15, 0.2) is 12.2 Å². The Labute approximate surface area is 89.5 Å². The summed E-state index contributed by atoms with van der Waals surface area (Å²) in [6.07, 6.45) is -3.52. The number of nitrogens with two attached hydrogens (primary N) is 1. The largest absolute Gasteiger partial charge is 0.441 e. The maximum absolute atomic E-state index is 10.6. The van der Waals surface area contributed by atoms with Crippen molar-refractivity contribution < 1.29 is 28.9 Å². The molecule has 0 aromatic carbocycles. The van der Waals surface area contributed by atoms with Crippen molar-refractivity contribution >= 4 is 6.09 Å². The van der Waals surface area contributed by atoms with Gasteiger partial charge in [-0.05, 0) is 0 Å². The molecule has 1 amide bonds. The molecule has 2 N–H and O–H groups in total. The highest BCUT2D eigenvalue weighted by atomic mass is 17.0. The van der Waals surface area contributed by atoms with Crippen LogP contribution in [0.2, 0.25) is 0 Å². The van der Waals surface area contributed by atoms with Gasteiger partial charge < -0.3 is 24.8 Å². The summed E-state index contributed by atoms with van der Waals surface area (Å²) in [5.41, 5.74) is 4.86. The number of hydrogen-bond acceptors (Lipinski definition) is 7. The average Bonchev–Trinajstić information content (AvgIpc) is 2.70. The van der Waals surface area contributed by atoms with Crippen LogP contribution in [0.15, 0.2) is 0 Å². The van der Waals surface area contributed by atoms with E-state index in [0.29, 0.717) is 0 Å². The molecule has 0 spiro atoms. The third-order valence-corrected chi connectivity index (χ3v) is 2.45. The first kappa shape index (κ1) is 10.9. The predicted molar refractivity (Wildman–Crippen MR) is 45.8 cm³/mol. The van der Waals surface area contributed by atoms with Gasteiger partial charge in [-0.1, -0.05) is 0 Å². The van der Waals surface area contributed by atoms with Crippen LogP contribution in [0.3, 0.4) is 0 Å². The summed E-state index contributed by atoms with van der Waals surface area (Å²) in [4.78, 5) is 25.1. The summed E-state index contributed by atoms with van der Waals surface area (Å²) in [6.45, 7) is 0.116. The van der Waals surface area contributed by atoms with Crippen LogP contribution in [0.4, 0.5) is 4.79 Å². The first-order chi connectivity index (χ1) is 7.58. The quantitative estimate of drug-likeness (QED) is 0.481. The fourth-order valence-electron chi connectivity index (χ4n) is 1.88. The molecule has 2 aliphatic rings. The van der Waals surface area contributed by atoms with Crippen LogP contribution in [0.5, 0.6) is 0 Å². The van der Waals surface area contributed by atoms with Crippen molar-refractivity contribution in [1.82, 2.24) is 0 Å². The molecule has 2 fully saturated rings. The molecule has 2 heterocycles. The molecule has 0 radical (unpaired) electrons. The monoisotopic (exact) mass is 234 g/mol. The third kappa shape index (κ3) is 1.99. The van der Waals surface area contributed by atoms with Crippen LogP contribution in [0.25, 0.3) is 0 Å². The van der Waals surface area contributed by atoms with Crippen LogP contribution in [-0.4, -0.2) is 48.8 Å². The van der Waals surface area contributed by atoms with E-state index >= 15 is 0 Å². The van der Waals surface area contributed by atoms with Crippen LogP contribution in [0.1, 0.15) is 0 Å². The van der Waals surface area contributed by atoms with E-state index < -0.39 is 35.6 Å². The zero-order valence-corrected chi connectivity index (χ0v) is 8.11. The third-order valence-electron chi connectivity index (χ3n) is 2.45. The summed E-state index contributed by atoms with van der Waals surface area (Å²) in [5, 5.41) is 9.27. The van der Waals surface area contributed by atoms with E-state index in [0.717, 1.165) is 0 Å². The van der Waals surface area contributed by atoms with Crippen molar-refractivity contribution in [2.75, 3.05) is 13.2 Å². The van der Waals surface area contributed by atoms with Crippen LogP contribution < -0.4 is 5.73 Å². The fourth-order valence-corrected chi connectivity index (χ4v) is 1.88. The Hall–Kier alpha value is -1.61. The summed E-state index contributed by atoms with van der Waals surface area (Å²) >= 11 is 0. The molecule has 2 aliphatic heterocycles. The Morgan fingerprint density at radius 3 is 2.44 bits per heavy atom. The molecular formula is C7H10N2O7. The van der Waals surface area contributed by atoms with Gasteiger partial charge in [-0.3, -0.25) is 0 Å². The number of nitrogens with zero attached hydrogens (tertiary/aromatic N) is 1. The minimum Gasteiger partial charge on any atom is -0.441 e. The van der Waals surface area contributed by atoms with E-state index in [1.54, 1.807) is 0 Å². The molecule has 0 aliphatic carbocycles. The zero-order valence-electron chi connectivity index (χ0n) is 8.11. The lowest BCUT2D eigenvalue weighted by Gasteiger charge is -2.15. The number of amides is 1. The van der Waals surface area contributed by atoms with E-state index in [4.69, 9.17) is 19.9 Å². The maximum atomic E-state index is 10.6. The lowest BCUT2D eigenvalue weighted by molar-refractivity contribution is -0.769. The molecule has 16 heavy (non-hydrogen) atoms. The van der Waals surface area contributed by atoms with Crippen LogP contribution >= 0.6 is 0 Å².